The lowest BCUT2D eigenvalue weighted by molar-refractivity contribution is -0.139. The lowest BCUT2D eigenvalue weighted by atomic mass is 10.0. The van der Waals surface area contributed by atoms with Gasteiger partial charge >= 0.3 is 5.97 Å². The number of carboxylic acids is 1. The van der Waals surface area contributed by atoms with E-state index < -0.39 is 5.97 Å². The summed E-state index contributed by atoms with van der Waals surface area (Å²) >= 11 is 0. The zero-order valence-corrected chi connectivity index (χ0v) is 15.0. The number of carboxylic acid groups (broad SMARTS) is 1. The van der Waals surface area contributed by atoms with Gasteiger partial charge in [-0.1, -0.05) is 32.6 Å². The number of hydrogen-bond donors (Lipinski definition) is 2. The second kappa shape index (κ2) is 9.99. The predicted molar refractivity (Wildman–Crippen MR) is 94.0 cm³/mol. The second-order valence-corrected chi connectivity index (χ2v) is 7.22. The molecule has 0 unspecified atom stereocenters. The van der Waals surface area contributed by atoms with Crippen molar-refractivity contribution >= 4 is 11.9 Å². The maximum absolute atomic E-state index is 12.3. The van der Waals surface area contributed by atoms with E-state index in [1.807, 2.05) is 11.8 Å². The molecule has 1 heterocycles. The highest BCUT2D eigenvalue weighted by molar-refractivity contribution is 5.78. The number of rotatable bonds is 7. The van der Waals surface area contributed by atoms with Crippen LogP contribution in [-0.2, 0) is 9.59 Å². The molecule has 0 atom stereocenters. The number of nitrogens with zero attached hydrogens (tertiary/aromatic N) is 2. The van der Waals surface area contributed by atoms with Crippen molar-refractivity contribution in [2.45, 2.75) is 70.4 Å². The number of aliphatic carboxylic acids is 1. The summed E-state index contributed by atoms with van der Waals surface area (Å²) in [5.74, 6) is -0.611. The number of piperidine rings is 1. The van der Waals surface area contributed by atoms with Gasteiger partial charge < -0.3 is 10.4 Å². The average molecular weight is 339 g/mol. The van der Waals surface area contributed by atoms with Crippen molar-refractivity contribution in [1.29, 1.82) is 0 Å². The van der Waals surface area contributed by atoms with Gasteiger partial charge in [-0.25, -0.2) is 0 Å². The maximum atomic E-state index is 12.3. The highest BCUT2D eigenvalue weighted by Crippen LogP contribution is 2.18. The Hall–Kier alpha value is -1.14. The Balaban J connectivity index is 1.69. The Morgan fingerprint density at radius 2 is 1.71 bits per heavy atom. The first kappa shape index (κ1) is 19.2. The van der Waals surface area contributed by atoms with Crippen molar-refractivity contribution in [3.63, 3.8) is 0 Å². The Bertz CT molecular complexity index is 400. The van der Waals surface area contributed by atoms with Crippen LogP contribution in [0, 0.1) is 0 Å². The molecule has 0 bridgehead atoms. The van der Waals surface area contributed by atoms with E-state index >= 15 is 0 Å². The molecule has 2 N–H and O–H groups in total. The van der Waals surface area contributed by atoms with Crippen molar-refractivity contribution < 1.29 is 14.7 Å². The molecular formula is C18H33N3O3. The fourth-order valence-electron chi connectivity index (χ4n) is 4.02. The van der Waals surface area contributed by atoms with Gasteiger partial charge in [0.05, 0.1) is 13.1 Å². The zero-order chi connectivity index (χ0) is 17.4. The van der Waals surface area contributed by atoms with E-state index in [-0.39, 0.29) is 12.5 Å². The standard InChI is InChI=1S/C18H33N3O3/c1-2-21(14-18(23)24)16-9-11-20(12-10-16)13-17(22)19-15-7-5-3-4-6-8-15/h15-16H,2-14H2,1H3,(H,19,22)(H,23,24). The van der Waals surface area contributed by atoms with Gasteiger partial charge in [-0.05, 0) is 32.2 Å². The van der Waals surface area contributed by atoms with Crippen LogP contribution in [0.5, 0.6) is 0 Å². The first-order chi connectivity index (χ1) is 11.6. The van der Waals surface area contributed by atoms with E-state index in [0.717, 1.165) is 45.3 Å². The van der Waals surface area contributed by atoms with Gasteiger partial charge in [-0.15, -0.1) is 0 Å². The maximum Gasteiger partial charge on any atom is 0.317 e. The fourth-order valence-corrected chi connectivity index (χ4v) is 4.02. The Labute approximate surface area is 145 Å². The first-order valence-electron chi connectivity index (χ1n) is 9.56. The van der Waals surface area contributed by atoms with Gasteiger partial charge in [-0.3, -0.25) is 19.4 Å². The lowest BCUT2D eigenvalue weighted by Crippen LogP contribution is -2.49. The Morgan fingerprint density at radius 3 is 2.25 bits per heavy atom. The summed E-state index contributed by atoms with van der Waals surface area (Å²) in [6.45, 7) is 5.12. The van der Waals surface area contributed by atoms with Crippen LogP contribution in [0.25, 0.3) is 0 Å². The van der Waals surface area contributed by atoms with Crippen LogP contribution >= 0.6 is 0 Å². The molecule has 1 amide bonds. The molecule has 2 fully saturated rings. The minimum atomic E-state index is -0.762. The summed E-state index contributed by atoms with van der Waals surface area (Å²) in [6.07, 6.45) is 9.17. The highest BCUT2D eigenvalue weighted by atomic mass is 16.4. The molecule has 2 aliphatic rings. The van der Waals surface area contributed by atoms with Crippen molar-refractivity contribution in [2.24, 2.45) is 0 Å². The van der Waals surface area contributed by atoms with Crippen LogP contribution < -0.4 is 5.32 Å². The molecule has 0 spiro atoms. The molecule has 6 heteroatoms. The first-order valence-corrected chi connectivity index (χ1v) is 9.56. The second-order valence-electron chi connectivity index (χ2n) is 7.22. The third-order valence-corrected chi connectivity index (χ3v) is 5.41. The summed E-state index contributed by atoms with van der Waals surface area (Å²) in [6, 6.07) is 0.691. The SMILES string of the molecule is CCN(CC(=O)O)C1CCN(CC(=O)NC2CCCCCC2)CC1. The molecule has 1 saturated carbocycles. The zero-order valence-electron chi connectivity index (χ0n) is 15.0. The van der Waals surface area contributed by atoms with Crippen LogP contribution in [0.1, 0.15) is 58.3 Å². The summed E-state index contributed by atoms with van der Waals surface area (Å²) in [5.41, 5.74) is 0. The summed E-state index contributed by atoms with van der Waals surface area (Å²) in [5, 5.41) is 12.2. The van der Waals surface area contributed by atoms with Crippen LogP contribution in [0.3, 0.4) is 0 Å². The van der Waals surface area contributed by atoms with E-state index in [0.29, 0.717) is 18.6 Å². The van der Waals surface area contributed by atoms with Gasteiger partial charge in [0.2, 0.25) is 5.91 Å². The van der Waals surface area contributed by atoms with Gasteiger partial charge in [0, 0.05) is 25.2 Å². The third-order valence-electron chi connectivity index (χ3n) is 5.41. The molecule has 1 aliphatic carbocycles. The molecule has 138 valence electrons. The third kappa shape index (κ3) is 6.40. The average Bonchev–Trinajstić information content (AvgIpc) is 2.82. The summed E-state index contributed by atoms with van der Waals surface area (Å²) in [7, 11) is 0. The van der Waals surface area contributed by atoms with E-state index in [1.165, 1.54) is 25.7 Å². The summed E-state index contributed by atoms with van der Waals surface area (Å²) in [4.78, 5) is 27.4. The van der Waals surface area contributed by atoms with Crippen molar-refractivity contribution in [3.8, 4) is 0 Å². The number of likely N-dealkylation sites (tertiary alicyclic amines) is 1. The van der Waals surface area contributed by atoms with Crippen molar-refractivity contribution in [3.05, 3.63) is 0 Å². The van der Waals surface area contributed by atoms with Crippen LogP contribution in [0.15, 0.2) is 0 Å². The molecule has 0 aromatic heterocycles. The molecule has 0 aromatic carbocycles. The Kier molecular flexibility index (Phi) is 7.99. The molecule has 2 rings (SSSR count). The smallest absolute Gasteiger partial charge is 0.317 e. The quantitative estimate of drug-likeness (QED) is 0.691. The molecule has 1 aliphatic heterocycles. The largest absolute Gasteiger partial charge is 0.480 e. The lowest BCUT2D eigenvalue weighted by Gasteiger charge is -2.37. The van der Waals surface area contributed by atoms with Crippen LogP contribution in [-0.4, -0.2) is 71.6 Å². The monoisotopic (exact) mass is 339 g/mol. The topological polar surface area (TPSA) is 72.9 Å². The minimum absolute atomic E-state index is 0.114. The van der Waals surface area contributed by atoms with Crippen LogP contribution in [0.4, 0.5) is 0 Å². The van der Waals surface area contributed by atoms with Crippen molar-refractivity contribution in [1.82, 2.24) is 15.1 Å². The number of carbonyl (C=O) groups is 2. The molecule has 24 heavy (non-hydrogen) atoms. The number of hydrogen-bond acceptors (Lipinski definition) is 4. The molecule has 1 saturated heterocycles. The number of carbonyl (C=O) groups excluding carboxylic acids is 1. The fraction of sp³-hybridized carbons (Fsp3) is 0.889. The van der Waals surface area contributed by atoms with Gasteiger partial charge in [0.25, 0.3) is 0 Å². The predicted octanol–water partition coefficient (Wildman–Crippen LogP) is 1.70. The molecule has 0 aromatic rings. The Morgan fingerprint density at radius 1 is 1.08 bits per heavy atom. The normalized spacial score (nSPS) is 21.6. The van der Waals surface area contributed by atoms with E-state index in [4.69, 9.17) is 5.11 Å². The molecule has 0 radical (unpaired) electrons. The number of amides is 1. The number of likely N-dealkylation sites (N-methyl/N-ethyl adjacent to an activating group) is 1. The highest BCUT2D eigenvalue weighted by Gasteiger charge is 2.26. The van der Waals surface area contributed by atoms with Gasteiger partial charge in [-0.2, -0.15) is 0 Å². The van der Waals surface area contributed by atoms with Crippen molar-refractivity contribution in [2.75, 3.05) is 32.7 Å². The van der Waals surface area contributed by atoms with Crippen LogP contribution in [0.2, 0.25) is 0 Å². The summed E-state index contributed by atoms with van der Waals surface area (Å²) < 4.78 is 0. The molecule has 6 nitrogen and oxygen atoms in total. The van der Waals surface area contributed by atoms with E-state index in [1.54, 1.807) is 0 Å². The van der Waals surface area contributed by atoms with E-state index in [9.17, 15) is 9.59 Å². The van der Waals surface area contributed by atoms with Gasteiger partial charge in [0.15, 0.2) is 0 Å². The van der Waals surface area contributed by atoms with Gasteiger partial charge in [0.1, 0.15) is 0 Å². The van der Waals surface area contributed by atoms with E-state index in [2.05, 4.69) is 10.2 Å². The number of nitrogens with one attached hydrogen (secondary N) is 1. The minimum Gasteiger partial charge on any atom is -0.480 e. The molecular weight excluding hydrogens is 306 g/mol.